The summed E-state index contributed by atoms with van der Waals surface area (Å²) in [6.07, 6.45) is 8.00. The molecule has 1 fully saturated rings. The number of nitriles is 1. The average Bonchev–Trinajstić information content (AvgIpc) is 3.01. The molecule has 1 aromatic rings. The molecular formula is C14H22N4. The minimum atomic E-state index is -0.435. The molecule has 0 aliphatic heterocycles. The molecule has 98 valence electrons. The van der Waals surface area contributed by atoms with Crippen molar-refractivity contribution in [2.45, 2.75) is 64.1 Å². The van der Waals surface area contributed by atoms with E-state index in [1.807, 2.05) is 19.3 Å². The molecule has 0 radical (unpaired) electrons. The number of hydrogen-bond acceptors (Lipinski definition) is 3. The van der Waals surface area contributed by atoms with Crippen LogP contribution in [0.5, 0.6) is 0 Å². The van der Waals surface area contributed by atoms with Crippen LogP contribution in [0.25, 0.3) is 0 Å². The summed E-state index contributed by atoms with van der Waals surface area (Å²) < 4.78 is 2.18. The molecule has 1 aliphatic rings. The normalized spacial score (nSPS) is 20.1. The first kappa shape index (κ1) is 13.1. The Bertz CT molecular complexity index is 441. The summed E-state index contributed by atoms with van der Waals surface area (Å²) in [4.78, 5) is 4.34. The molecule has 0 saturated heterocycles. The molecule has 0 aromatic carbocycles. The maximum absolute atomic E-state index is 9.40. The van der Waals surface area contributed by atoms with E-state index in [1.54, 1.807) is 0 Å². The van der Waals surface area contributed by atoms with E-state index in [0.29, 0.717) is 12.1 Å². The van der Waals surface area contributed by atoms with E-state index in [4.69, 9.17) is 0 Å². The van der Waals surface area contributed by atoms with E-state index in [0.717, 1.165) is 18.7 Å². The van der Waals surface area contributed by atoms with Crippen LogP contribution in [0, 0.1) is 11.3 Å². The lowest BCUT2D eigenvalue weighted by Gasteiger charge is -2.28. The van der Waals surface area contributed by atoms with Gasteiger partial charge in [0.1, 0.15) is 11.4 Å². The minimum Gasteiger partial charge on any atom is -0.332 e. The first-order chi connectivity index (χ1) is 8.58. The van der Waals surface area contributed by atoms with Crippen LogP contribution < -0.4 is 5.32 Å². The Labute approximate surface area is 109 Å². The SMILES string of the molecule is CCc1nccn1C(C)CC(C)(C#N)NC1CC1. The molecule has 1 heterocycles. The molecule has 2 unspecified atom stereocenters. The maximum atomic E-state index is 9.40. The van der Waals surface area contributed by atoms with Gasteiger partial charge in [0.05, 0.1) is 6.07 Å². The molecule has 2 atom stereocenters. The van der Waals surface area contributed by atoms with E-state index in [2.05, 4.69) is 34.8 Å². The second-order valence-electron chi connectivity index (χ2n) is 5.52. The van der Waals surface area contributed by atoms with Crippen LogP contribution in [-0.4, -0.2) is 21.1 Å². The van der Waals surface area contributed by atoms with Gasteiger partial charge in [0.2, 0.25) is 0 Å². The standard InChI is InChI=1S/C14H22N4/c1-4-13-16-7-8-18(13)11(2)9-14(3,10-15)17-12-5-6-12/h7-8,11-12,17H,4-6,9H2,1-3H3. The fourth-order valence-electron chi connectivity index (χ4n) is 2.52. The summed E-state index contributed by atoms with van der Waals surface area (Å²) in [5.41, 5.74) is -0.435. The van der Waals surface area contributed by atoms with E-state index in [9.17, 15) is 5.26 Å². The van der Waals surface area contributed by atoms with E-state index >= 15 is 0 Å². The third kappa shape index (κ3) is 2.91. The number of nitrogens with zero attached hydrogens (tertiary/aromatic N) is 3. The third-order valence-electron chi connectivity index (χ3n) is 3.59. The quantitative estimate of drug-likeness (QED) is 0.838. The van der Waals surface area contributed by atoms with Crippen molar-refractivity contribution in [2.75, 3.05) is 0 Å². The van der Waals surface area contributed by atoms with Crippen molar-refractivity contribution < 1.29 is 0 Å². The fraction of sp³-hybridized carbons (Fsp3) is 0.714. The van der Waals surface area contributed by atoms with Gasteiger partial charge in [-0.2, -0.15) is 5.26 Å². The summed E-state index contributed by atoms with van der Waals surface area (Å²) in [6.45, 7) is 6.27. The predicted octanol–water partition coefficient (Wildman–Crippen LogP) is 2.43. The largest absolute Gasteiger partial charge is 0.332 e. The van der Waals surface area contributed by atoms with Crippen LogP contribution in [0.2, 0.25) is 0 Å². The lowest BCUT2D eigenvalue weighted by Crippen LogP contribution is -2.44. The Kier molecular flexibility index (Phi) is 3.72. The van der Waals surface area contributed by atoms with Gasteiger partial charge in [0.25, 0.3) is 0 Å². The molecule has 0 amide bonds. The Morgan fingerprint density at radius 2 is 2.39 bits per heavy atom. The van der Waals surface area contributed by atoms with Crippen molar-refractivity contribution in [3.8, 4) is 6.07 Å². The molecule has 1 N–H and O–H groups in total. The summed E-state index contributed by atoms with van der Waals surface area (Å²) in [7, 11) is 0. The van der Waals surface area contributed by atoms with Gasteiger partial charge >= 0.3 is 0 Å². The summed E-state index contributed by atoms with van der Waals surface area (Å²) in [6, 6.07) is 3.28. The van der Waals surface area contributed by atoms with Gasteiger partial charge < -0.3 is 4.57 Å². The minimum absolute atomic E-state index is 0.290. The van der Waals surface area contributed by atoms with Crippen LogP contribution >= 0.6 is 0 Å². The molecule has 2 rings (SSSR count). The Hall–Kier alpha value is -1.34. The summed E-state index contributed by atoms with van der Waals surface area (Å²) >= 11 is 0. The molecule has 1 saturated carbocycles. The highest BCUT2D eigenvalue weighted by Gasteiger charge is 2.34. The summed E-state index contributed by atoms with van der Waals surface area (Å²) in [5, 5.41) is 12.8. The molecule has 4 heteroatoms. The van der Waals surface area contributed by atoms with Crippen LogP contribution in [0.15, 0.2) is 12.4 Å². The smallest absolute Gasteiger partial charge is 0.108 e. The van der Waals surface area contributed by atoms with Gasteiger partial charge in [-0.05, 0) is 33.1 Å². The third-order valence-corrected chi connectivity index (χ3v) is 3.59. The van der Waals surface area contributed by atoms with Crippen molar-refractivity contribution in [3.63, 3.8) is 0 Å². The van der Waals surface area contributed by atoms with Gasteiger partial charge in [-0.3, -0.25) is 5.32 Å². The zero-order valence-corrected chi connectivity index (χ0v) is 11.5. The van der Waals surface area contributed by atoms with Crippen LogP contribution in [0.3, 0.4) is 0 Å². The number of rotatable bonds is 6. The number of nitrogens with one attached hydrogen (secondary N) is 1. The zero-order valence-electron chi connectivity index (χ0n) is 11.5. The lowest BCUT2D eigenvalue weighted by molar-refractivity contribution is 0.341. The Balaban J connectivity index is 2.04. The van der Waals surface area contributed by atoms with Gasteiger partial charge in [0.15, 0.2) is 0 Å². The topological polar surface area (TPSA) is 53.6 Å². The number of aromatic nitrogens is 2. The van der Waals surface area contributed by atoms with Gasteiger partial charge in [0, 0.05) is 30.9 Å². The highest BCUT2D eigenvalue weighted by molar-refractivity contribution is 5.09. The second kappa shape index (κ2) is 5.11. The highest BCUT2D eigenvalue weighted by Crippen LogP contribution is 2.27. The van der Waals surface area contributed by atoms with Crippen molar-refractivity contribution in [2.24, 2.45) is 0 Å². The van der Waals surface area contributed by atoms with Gasteiger partial charge in [-0.15, -0.1) is 0 Å². The van der Waals surface area contributed by atoms with Crippen LogP contribution in [0.1, 0.15) is 51.9 Å². The van der Waals surface area contributed by atoms with E-state index < -0.39 is 5.54 Å². The van der Waals surface area contributed by atoms with Crippen LogP contribution in [0.4, 0.5) is 0 Å². The van der Waals surface area contributed by atoms with E-state index in [-0.39, 0.29) is 0 Å². The average molecular weight is 246 g/mol. The van der Waals surface area contributed by atoms with Crippen molar-refractivity contribution >= 4 is 0 Å². The van der Waals surface area contributed by atoms with Crippen molar-refractivity contribution in [1.29, 1.82) is 5.26 Å². The maximum Gasteiger partial charge on any atom is 0.108 e. The van der Waals surface area contributed by atoms with Crippen molar-refractivity contribution in [1.82, 2.24) is 14.9 Å². The molecule has 1 aromatic heterocycles. The second-order valence-corrected chi connectivity index (χ2v) is 5.52. The Morgan fingerprint density at radius 1 is 1.67 bits per heavy atom. The monoisotopic (exact) mass is 246 g/mol. The van der Waals surface area contributed by atoms with Crippen molar-refractivity contribution in [3.05, 3.63) is 18.2 Å². The fourth-order valence-corrected chi connectivity index (χ4v) is 2.52. The van der Waals surface area contributed by atoms with Crippen LogP contribution in [-0.2, 0) is 6.42 Å². The molecule has 18 heavy (non-hydrogen) atoms. The molecule has 0 bridgehead atoms. The number of imidazole rings is 1. The summed E-state index contributed by atoms with van der Waals surface area (Å²) in [5.74, 6) is 1.09. The molecule has 0 spiro atoms. The molecule has 1 aliphatic carbocycles. The lowest BCUT2D eigenvalue weighted by atomic mass is 9.95. The Morgan fingerprint density at radius 3 is 2.94 bits per heavy atom. The zero-order chi connectivity index (χ0) is 13.2. The molecule has 4 nitrogen and oxygen atoms in total. The first-order valence-corrected chi connectivity index (χ1v) is 6.78. The predicted molar refractivity (Wildman–Crippen MR) is 71.1 cm³/mol. The van der Waals surface area contributed by atoms with Gasteiger partial charge in [-0.25, -0.2) is 4.98 Å². The number of hydrogen-bond donors (Lipinski definition) is 1. The van der Waals surface area contributed by atoms with Gasteiger partial charge in [-0.1, -0.05) is 6.92 Å². The highest BCUT2D eigenvalue weighted by atomic mass is 15.1. The molecular weight excluding hydrogens is 224 g/mol. The first-order valence-electron chi connectivity index (χ1n) is 6.78. The van der Waals surface area contributed by atoms with E-state index in [1.165, 1.54) is 12.8 Å². The number of aryl methyl sites for hydroxylation is 1.